The Labute approximate surface area is 125 Å². The molecule has 1 saturated heterocycles. The smallest absolute Gasteiger partial charge is 0.410 e. The van der Waals surface area contributed by atoms with Crippen molar-refractivity contribution in [1.82, 2.24) is 4.90 Å². The lowest BCUT2D eigenvalue weighted by Gasteiger charge is -2.51. The average Bonchev–Trinajstić information content (AvgIpc) is 2.24. The number of carbonyl (C=O) groups excluding carboxylic acids is 2. The first-order chi connectivity index (χ1) is 9.19. The maximum atomic E-state index is 12.0. The van der Waals surface area contributed by atoms with E-state index >= 15 is 0 Å². The number of carbonyl (C=O) groups is 2. The number of ether oxygens (including phenoxy) is 1. The molecule has 2 rings (SSSR count). The van der Waals surface area contributed by atoms with E-state index in [2.05, 4.69) is 0 Å². The number of rotatable bonds is 1. The fourth-order valence-corrected chi connectivity index (χ4v) is 4.47. The molecule has 0 bridgehead atoms. The topological polar surface area (TPSA) is 46.6 Å². The predicted octanol–water partition coefficient (Wildman–Crippen LogP) is 3.45. The maximum Gasteiger partial charge on any atom is 0.410 e. The molecule has 1 aliphatic carbocycles. The number of hydrogen-bond acceptors (Lipinski definition) is 4. The van der Waals surface area contributed by atoms with Crippen LogP contribution < -0.4 is 0 Å². The van der Waals surface area contributed by atoms with Crippen LogP contribution >= 0.6 is 11.8 Å². The zero-order chi connectivity index (χ0) is 15.0. The van der Waals surface area contributed by atoms with E-state index in [0.717, 1.165) is 38.8 Å². The fourth-order valence-electron chi connectivity index (χ4n) is 3.12. The minimum absolute atomic E-state index is 0.193. The molecule has 0 aromatic carbocycles. The first-order valence-corrected chi connectivity index (χ1v) is 8.22. The number of nitrogens with zero attached hydrogens (tertiary/aromatic N) is 1. The standard InChI is InChI=1S/C15H25NO3S/c1-11(17)20-12-9-15(10-12)5-7-16(8-6-15)13(18)19-14(2,3)4/h12H,5-10H2,1-4H3. The van der Waals surface area contributed by atoms with Crippen LogP contribution in [0.3, 0.4) is 0 Å². The van der Waals surface area contributed by atoms with Crippen molar-refractivity contribution in [2.45, 2.75) is 64.2 Å². The van der Waals surface area contributed by atoms with Crippen molar-refractivity contribution < 1.29 is 14.3 Å². The van der Waals surface area contributed by atoms with Crippen molar-refractivity contribution in [3.8, 4) is 0 Å². The summed E-state index contributed by atoms with van der Waals surface area (Å²) in [5, 5.41) is 0.719. The van der Waals surface area contributed by atoms with Crippen molar-refractivity contribution in [3.05, 3.63) is 0 Å². The van der Waals surface area contributed by atoms with Crippen molar-refractivity contribution in [2.24, 2.45) is 5.41 Å². The van der Waals surface area contributed by atoms with Crippen LogP contribution in [0.1, 0.15) is 53.4 Å². The van der Waals surface area contributed by atoms with E-state index in [1.165, 1.54) is 11.8 Å². The molecule has 5 heteroatoms. The molecule has 1 amide bonds. The van der Waals surface area contributed by atoms with Crippen LogP contribution in [0.4, 0.5) is 4.79 Å². The minimum Gasteiger partial charge on any atom is -0.444 e. The van der Waals surface area contributed by atoms with E-state index in [0.29, 0.717) is 10.7 Å². The van der Waals surface area contributed by atoms with Crippen LogP contribution in [0.15, 0.2) is 0 Å². The third-order valence-corrected chi connectivity index (χ3v) is 5.13. The van der Waals surface area contributed by atoms with Crippen molar-refractivity contribution in [1.29, 1.82) is 0 Å². The Balaban J connectivity index is 1.76. The summed E-state index contributed by atoms with van der Waals surface area (Å²) in [7, 11) is 0. The number of likely N-dealkylation sites (tertiary alicyclic amines) is 1. The number of piperidine rings is 1. The molecule has 0 N–H and O–H groups in total. The van der Waals surface area contributed by atoms with Gasteiger partial charge in [0.15, 0.2) is 5.12 Å². The summed E-state index contributed by atoms with van der Waals surface area (Å²) in [5.41, 5.74) is -0.0441. The van der Waals surface area contributed by atoms with Gasteiger partial charge in [-0.2, -0.15) is 0 Å². The maximum absolute atomic E-state index is 12.0. The van der Waals surface area contributed by atoms with E-state index in [9.17, 15) is 9.59 Å². The Morgan fingerprint density at radius 3 is 2.20 bits per heavy atom. The highest BCUT2D eigenvalue weighted by Gasteiger charge is 2.47. The van der Waals surface area contributed by atoms with Crippen LogP contribution in [0.25, 0.3) is 0 Å². The zero-order valence-corrected chi connectivity index (χ0v) is 13.7. The molecule has 0 radical (unpaired) electrons. The van der Waals surface area contributed by atoms with Crippen molar-refractivity contribution in [3.63, 3.8) is 0 Å². The molecule has 114 valence electrons. The normalized spacial score (nSPS) is 22.5. The second-order valence-corrected chi connectivity index (χ2v) is 8.58. The van der Waals surface area contributed by atoms with E-state index < -0.39 is 5.60 Å². The van der Waals surface area contributed by atoms with Crippen LogP contribution in [0, 0.1) is 5.41 Å². The first kappa shape index (κ1) is 15.7. The summed E-state index contributed by atoms with van der Waals surface area (Å²) in [4.78, 5) is 24.9. The van der Waals surface area contributed by atoms with Gasteiger partial charge < -0.3 is 9.64 Å². The summed E-state index contributed by atoms with van der Waals surface area (Å²) < 4.78 is 5.41. The van der Waals surface area contributed by atoms with Crippen LogP contribution in [0.2, 0.25) is 0 Å². The van der Waals surface area contributed by atoms with E-state index in [1.54, 1.807) is 6.92 Å². The Hall–Kier alpha value is -0.710. The highest BCUT2D eigenvalue weighted by molar-refractivity contribution is 8.14. The molecular weight excluding hydrogens is 274 g/mol. The minimum atomic E-state index is -0.425. The molecule has 1 aliphatic heterocycles. The van der Waals surface area contributed by atoms with Gasteiger partial charge in [0.2, 0.25) is 0 Å². The molecule has 1 saturated carbocycles. The Kier molecular flexibility index (Phi) is 4.38. The van der Waals surface area contributed by atoms with Gasteiger partial charge in [0, 0.05) is 25.3 Å². The van der Waals surface area contributed by atoms with Gasteiger partial charge in [0.25, 0.3) is 0 Å². The fraction of sp³-hybridized carbons (Fsp3) is 0.867. The summed E-state index contributed by atoms with van der Waals surface area (Å²) >= 11 is 1.48. The van der Waals surface area contributed by atoms with Crippen LogP contribution in [0.5, 0.6) is 0 Å². The van der Waals surface area contributed by atoms with Crippen molar-refractivity contribution in [2.75, 3.05) is 13.1 Å². The monoisotopic (exact) mass is 299 g/mol. The third kappa shape index (κ3) is 3.90. The molecule has 0 aromatic heterocycles. The molecule has 2 fully saturated rings. The SMILES string of the molecule is CC(=O)SC1CC2(CCN(C(=O)OC(C)(C)C)CC2)C1. The molecule has 0 unspecified atom stereocenters. The molecule has 0 atom stereocenters. The Morgan fingerprint density at radius 2 is 1.75 bits per heavy atom. The quantitative estimate of drug-likeness (QED) is 0.744. The van der Waals surface area contributed by atoms with Gasteiger partial charge in [0.05, 0.1) is 0 Å². The second-order valence-electron chi connectivity index (χ2n) is 7.11. The predicted molar refractivity (Wildman–Crippen MR) is 80.8 cm³/mol. The summed E-state index contributed by atoms with van der Waals surface area (Å²) in [6.07, 6.45) is 4.14. The molecule has 20 heavy (non-hydrogen) atoms. The molecular formula is C15H25NO3S. The zero-order valence-electron chi connectivity index (χ0n) is 12.9. The lowest BCUT2D eigenvalue weighted by atomic mass is 9.63. The number of thioether (sulfide) groups is 1. The second kappa shape index (κ2) is 5.58. The Bertz CT molecular complexity index is 386. The van der Waals surface area contributed by atoms with E-state index in [4.69, 9.17) is 4.74 Å². The van der Waals surface area contributed by atoms with Gasteiger partial charge in [-0.3, -0.25) is 4.79 Å². The van der Waals surface area contributed by atoms with Gasteiger partial charge in [-0.15, -0.1) is 0 Å². The van der Waals surface area contributed by atoms with Crippen LogP contribution in [-0.2, 0) is 9.53 Å². The van der Waals surface area contributed by atoms with Crippen LogP contribution in [-0.4, -0.2) is 40.0 Å². The highest BCUT2D eigenvalue weighted by atomic mass is 32.2. The van der Waals surface area contributed by atoms with Gasteiger partial charge in [-0.25, -0.2) is 4.79 Å². The van der Waals surface area contributed by atoms with Gasteiger partial charge >= 0.3 is 6.09 Å². The number of amides is 1. The van der Waals surface area contributed by atoms with Gasteiger partial charge in [-0.05, 0) is 51.9 Å². The molecule has 1 heterocycles. The third-order valence-electron chi connectivity index (χ3n) is 4.13. The highest BCUT2D eigenvalue weighted by Crippen LogP contribution is 2.53. The largest absolute Gasteiger partial charge is 0.444 e. The Morgan fingerprint density at radius 1 is 1.20 bits per heavy atom. The molecule has 1 spiro atoms. The summed E-state index contributed by atoms with van der Waals surface area (Å²) in [6, 6.07) is 0. The van der Waals surface area contributed by atoms with Crippen molar-refractivity contribution >= 4 is 23.0 Å². The first-order valence-electron chi connectivity index (χ1n) is 7.34. The summed E-state index contributed by atoms with van der Waals surface area (Å²) in [6.45, 7) is 8.89. The number of hydrogen-bond donors (Lipinski definition) is 0. The van der Waals surface area contributed by atoms with Gasteiger partial charge in [0.1, 0.15) is 5.60 Å². The molecule has 2 aliphatic rings. The molecule has 4 nitrogen and oxygen atoms in total. The molecule has 0 aromatic rings. The lowest BCUT2D eigenvalue weighted by molar-refractivity contribution is -0.109. The van der Waals surface area contributed by atoms with Gasteiger partial charge in [-0.1, -0.05) is 11.8 Å². The lowest BCUT2D eigenvalue weighted by Crippen LogP contribution is -2.50. The average molecular weight is 299 g/mol. The summed E-state index contributed by atoms with van der Waals surface area (Å²) in [5.74, 6) is 0. The van der Waals surface area contributed by atoms with E-state index in [-0.39, 0.29) is 11.2 Å². The van der Waals surface area contributed by atoms with E-state index in [1.807, 2.05) is 25.7 Å².